The maximum atomic E-state index is 6.29. The van der Waals surface area contributed by atoms with Crippen molar-refractivity contribution in [2.24, 2.45) is 0 Å². The van der Waals surface area contributed by atoms with Crippen LogP contribution in [0.3, 0.4) is 0 Å². The molecule has 2 aromatic rings. The first kappa shape index (κ1) is 13.1. The summed E-state index contributed by atoms with van der Waals surface area (Å²) in [6.45, 7) is 5.85. The lowest BCUT2D eigenvalue weighted by atomic mass is 10.2. The van der Waals surface area contributed by atoms with Gasteiger partial charge in [0.05, 0.1) is 5.02 Å². The number of nitrogens with zero attached hydrogens (tertiary/aromatic N) is 3. The lowest BCUT2D eigenvalue weighted by Gasteiger charge is -2.09. The van der Waals surface area contributed by atoms with Crippen LogP contribution in [-0.2, 0) is 13.0 Å². The summed E-state index contributed by atoms with van der Waals surface area (Å²) >= 11 is 6.29. The zero-order chi connectivity index (χ0) is 13.0. The molecule has 0 radical (unpaired) electrons. The van der Waals surface area contributed by atoms with Crippen LogP contribution >= 0.6 is 11.6 Å². The second kappa shape index (κ2) is 5.98. The SMILES string of the molecule is CCNCc1cnc(-n2ccnc2CC)c(Cl)c1. The molecule has 0 aliphatic rings. The van der Waals surface area contributed by atoms with Crippen LogP contribution in [0.4, 0.5) is 0 Å². The quantitative estimate of drug-likeness (QED) is 0.903. The fourth-order valence-corrected chi connectivity index (χ4v) is 2.08. The molecule has 0 aliphatic carbocycles. The van der Waals surface area contributed by atoms with Crippen LogP contribution < -0.4 is 5.32 Å². The second-order valence-electron chi connectivity index (χ2n) is 4.00. The molecular formula is C13H17ClN4. The van der Waals surface area contributed by atoms with Gasteiger partial charge >= 0.3 is 0 Å². The number of imidazole rings is 1. The molecule has 0 amide bonds. The molecule has 0 aliphatic heterocycles. The van der Waals surface area contributed by atoms with Crippen molar-refractivity contribution in [2.75, 3.05) is 6.54 Å². The number of rotatable bonds is 5. The van der Waals surface area contributed by atoms with Gasteiger partial charge < -0.3 is 5.32 Å². The Balaban J connectivity index is 2.30. The van der Waals surface area contributed by atoms with Gasteiger partial charge in [-0.05, 0) is 18.2 Å². The smallest absolute Gasteiger partial charge is 0.156 e. The van der Waals surface area contributed by atoms with Crippen molar-refractivity contribution >= 4 is 11.6 Å². The van der Waals surface area contributed by atoms with E-state index >= 15 is 0 Å². The van der Waals surface area contributed by atoms with E-state index in [4.69, 9.17) is 11.6 Å². The maximum Gasteiger partial charge on any atom is 0.156 e. The van der Waals surface area contributed by atoms with Gasteiger partial charge in [-0.15, -0.1) is 0 Å². The average Bonchev–Trinajstić information content (AvgIpc) is 2.84. The summed E-state index contributed by atoms with van der Waals surface area (Å²) in [5.74, 6) is 1.70. The van der Waals surface area contributed by atoms with Gasteiger partial charge in [-0.1, -0.05) is 25.4 Å². The van der Waals surface area contributed by atoms with E-state index < -0.39 is 0 Å². The van der Waals surface area contributed by atoms with Crippen molar-refractivity contribution in [1.29, 1.82) is 0 Å². The molecule has 5 heteroatoms. The first-order chi connectivity index (χ1) is 8.76. The Morgan fingerprint density at radius 1 is 1.33 bits per heavy atom. The van der Waals surface area contributed by atoms with Crippen LogP contribution in [0.25, 0.3) is 5.82 Å². The largest absolute Gasteiger partial charge is 0.313 e. The van der Waals surface area contributed by atoms with Gasteiger partial charge in [0.15, 0.2) is 5.82 Å². The van der Waals surface area contributed by atoms with Crippen molar-refractivity contribution in [3.8, 4) is 5.82 Å². The molecule has 0 atom stereocenters. The van der Waals surface area contributed by atoms with Gasteiger partial charge in [0, 0.05) is 31.6 Å². The van der Waals surface area contributed by atoms with Crippen molar-refractivity contribution in [2.45, 2.75) is 26.8 Å². The number of nitrogens with one attached hydrogen (secondary N) is 1. The lowest BCUT2D eigenvalue weighted by Crippen LogP contribution is -2.12. The van der Waals surface area contributed by atoms with E-state index in [9.17, 15) is 0 Å². The van der Waals surface area contributed by atoms with Gasteiger partial charge in [0.2, 0.25) is 0 Å². The predicted octanol–water partition coefficient (Wildman–Crippen LogP) is 2.59. The van der Waals surface area contributed by atoms with E-state index in [1.165, 1.54) is 0 Å². The molecule has 2 aromatic heterocycles. The van der Waals surface area contributed by atoms with Gasteiger partial charge in [-0.3, -0.25) is 4.57 Å². The summed E-state index contributed by atoms with van der Waals surface area (Å²) in [7, 11) is 0. The zero-order valence-electron chi connectivity index (χ0n) is 10.7. The van der Waals surface area contributed by atoms with Crippen LogP contribution in [0.15, 0.2) is 24.7 Å². The summed E-state index contributed by atoms with van der Waals surface area (Å²) in [6, 6.07) is 1.95. The molecule has 0 bridgehead atoms. The Morgan fingerprint density at radius 2 is 2.17 bits per heavy atom. The molecular weight excluding hydrogens is 248 g/mol. The Morgan fingerprint density at radius 3 is 2.83 bits per heavy atom. The van der Waals surface area contributed by atoms with Crippen LogP contribution in [0.5, 0.6) is 0 Å². The summed E-state index contributed by atoms with van der Waals surface area (Å²) < 4.78 is 1.93. The first-order valence-electron chi connectivity index (χ1n) is 6.14. The summed E-state index contributed by atoms with van der Waals surface area (Å²) in [4.78, 5) is 8.71. The Kier molecular flexibility index (Phi) is 4.33. The van der Waals surface area contributed by atoms with Gasteiger partial charge in [0.25, 0.3) is 0 Å². The number of halogens is 1. The summed E-state index contributed by atoms with van der Waals surface area (Å²) in [5.41, 5.74) is 1.09. The van der Waals surface area contributed by atoms with E-state index in [-0.39, 0.29) is 0 Å². The van der Waals surface area contributed by atoms with Crippen molar-refractivity contribution in [3.63, 3.8) is 0 Å². The maximum absolute atomic E-state index is 6.29. The molecule has 18 heavy (non-hydrogen) atoms. The molecule has 0 saturated heterocycles. The third kappa shape index (κ3) is 2.71. The van der Waals surface area contributed by atoms with Gasteiger partial charge in [0.1, 0.15) is 5.82 Å². The number of aromatic nitrogens is 3. The normalized spacial score (nSPS) is 10.8. The molecule has 2 rings (SSSR count). The highest BCUT2D eigenvalue weighted by Crippen LogP contribution is 2.20. The monoisotopic (exact) mass is 264 g/mol. The Bertz CT molecular complexity index is 521. The first-order valence-corrected chi connectivity index (χ1v) is 6.51. The second-order valence-corrected chi connectivity index (χ2v) is 4.40. The highest BCUT2D eigenvalue weighted by atomic mass is 35.5. The zero-order valence-corrected chi connectivity index (χ0v) is 11.4. The summed E-state index contributed by atoms with van der Waals surface area (Å²) in [6.07, 6.45) is 6.36. The molecule has 0 saturated carbocycles. The number of hydrogen-bond acceptors (Lipinski definition) is 3. The molecule has 96 valence electrons. The molecule has 0 unspecified atom stereocenters. The Hall–Kier alpha value is -1.39. The van der Waals surface area contributed by atoms with Gasteiger partial charge in [-0.2, -0.15) is 0 Å². The molecule has 0 aromatic carbocycles. The molecule has 1 N–H and O–H groups in total. The van der Waals surface area contributed by atoms with E-state index in [0.29, 0.717) is 5.02 Å². The minimum Gasteiger partial charge on any atom is -0.313 e. The number of hydrogen-bond donors (Lipinski definition) is 1. The average molecular weight is 265 g/mol. The highest BCUT2D eigenvalue weighted by Gasteiger charge is 2.09. The molecule has 0 fully saturated rings. The molecule has 2 heterocycles. The van der Waals surface area contributed by atoms with E-state index in [0.717, 1.165) is 36.7 Å². The standard InChI is InChI=1S/C13H17ClN4/c1-3-12-16-5-6-18(12)13-11(14)7-10(9-17-13)8-15-4-2/h5-7,9,15H,3-4,8H2,1-2H3. The van der Waals surface area contributed by atoms with Crippen LogP contribution in [0.1, 0.15) is 25.2 Å². The van der Waals surface area contributed by atoms with Crippen LogP contribution in [-0.4, -0.2) is 21.1 Å². The fourth-order valence-electron chi connectivity index (χ4n) is 1.80. The molecule has 4 nitrogen and oxygen atoms in total. The minimum absolute atomic E-state index is 0.651. The molecule has 0 spiro atoms. The van der Waals surface area contributed by atoms with Crippen LogP contribution in [0.2, 0.25) is 5.02 Å². The van der Waals surface area contributed by atoms with Gasteiger partial charge in [-0.25, -0.2) is 9.97 Å². The third-order valence-electron chi connectivity index (χ3n) is 2.72. The van der Waals surface area contributed by atoms with E-state index in [1.807, 2.05) is 23.0 Å². The van der Waals surface area contributed by atoms with E-state index in [1.54, 1.807) is 6.20 Å². The number of aryl methyl sites for hydroxylation is 1. The predicted molar refractivity (Wildman–Crippen MR) is 73.1 cm³/mol. The van der Waals surface area contributed by atoms with Crippen molar-refractivity contribution in [1.82, 2.24) is 19.9 Å². The van der Waals surface area contributed by atoms with Crippen molar-refractivity contribution in [3.05, 3.63) is 41.1 Å². The Labute approximate surface area is 112 Å². The number of pyridine rings is 1. The van der Waals surface area contributed by atoms with E-state index in [2.05, 4.69) is 29.1 Å². The fraction of sp³-hybridized carbons (Fsp3) is 0.385. The highest BCUT2D eigenvalue weighted by molar-refractivity contribution is 6.32. The lowest BCUT2D eigenvalue weighted by molar-refractivity contribution is 0.723. The summed E-state index contributed by atoms with van der Waals surface area (Å²) in [5, 5.41) is 3.90. The third-order valence-corrected chi connectivity index (χ3v) is 3.00. The van der Waals surface area contributed by atoms with Crippen molar-refractivity contribution < 1.29 is 0 Å². The van der Waals surface area contributed by atoms with Crippen LogP contribution in [0, 0.1) is 0 Å². The minimum atomic E-state index is 0.651. The topological polar surface area (TPSA) is 42.7 Å².